The van der Waals surface area contributed by atoms with Gasteiger partial charge in [-0.05, 0) is 12.5 Å². The topological polar surface area (TPSA) is 47.8 Å². The van der Waals surface area contributed by atoms with Gasteiger partial charge in [0.2, 0.25) is 0 Å². The zero-order valence-corrected chi connectivity index (χ0v) is 8.37. The molecule has 0 spiro atoms. The number of benzene rings is 1. The lowest BCUT2D eigenvalue weighted by Gasteiger charge is -2.10. The monoisotopic (exact) mass is 201 g/mol. The molecular weight excluding hydrogens is 190 g/mol. The van der Waals surface area contributed by atoms with Crippen molar-refractivity contribution in [2.24, 2.45) is 0 Å². The first-order chi connectivity index (χ1) is 7.31. The highest BCUT2D eigenvalue weighted by Crippen LogP contribution is 2.15. The van der Waals surface area contributed by atoms with Crippen LogP contribution in [-0.2, 0) is 0 Å². The van der Waals surface area contributed by atoms with E-state index >= 15 is 0 Å². The molecule has 0 radical (unpaired) electrons. The second kappa shape index (κ2) is 4.04. The number of rotatable bonds is 3. The molecule has 1 heterocycles. The third-order valence-electron chi connectivity index (χ3n) is 2.33. The van der Waals surface area contributed by atoms with Crippen LogP contribution in [-0.4, -0.2) is 21.3 Å². The molecule has 0 aliphatic carbocycles. The van der Waals surface area contributed by atoms with Gasteiger partial charge in [-0.2, -0.15) is 0 Å². The second-order valence-electron chi connectivity index (χ2n) is 3.33. The number of nitrogens with zero attached hydrogens (tertiary/aromatic N) is 3. The van der Waals surface area contributed by atoms with Gasteiger partial charge in [0.15, 0.2) is 6.29 Å². The molecular formula is C11H11N3O. The van der Waals surface area contributed by atoms with Gasteiger partial charge in [-0.15, -0.1) is 5.10 Å². The fourth-order valence-electron chi connectivity index (χ4n) is 1.42. The Morgan fingerprint density at radius 1 is 1.33 bits per heavy atom. The van der Waals surface area contributed by atoms with Gasteiger partial charge in [-0.3, -0.25) is 4.79 Å². The van der Waals surface area contributed by atoms with E-state index in [2.05, 4.69) is 10.3 Å². The van der Waals surface area contributed by atoms with Gasteiger partial charge in [0, 0.05) is 0 Å². The van der Waals surface area contributed by atoms with Crippen molar-refractivity contribution in [2.45, 2.75) is 13.0 Å². The van der Waals surface area contributed by atoms with E-state index in [1.807, 2.05) is 37.3 Å². The number of carbonyl (C=O) groups is 1. The normalized spacial score (nSPS) is 12.3. The molecule has 1 atom stereocenters. The van der Waals surface area contributed by atoms with E-state index in [4.69, 9.17) is 0 Å². The maximum atomic E-state index is 10.5. The van der Waals surface area contributed by atoms with Crippen LogP contribution in [0.4, 0.5) is 0 Å². The van der Waals surface area contributed by atoms with Crippen molar-refractivity contribution < 1.29 is 4.79 Å². The largest absolute Gasteiger partial charge is 0.296 e. The molecule has 76 valence electrons. The predicted octanol–water partition coefficient (Wildman–Crippen LogP) is 1.70. The lowest BCUT2D eigenvalue weighted by molar-refractivity contribution is 0.111. The van der Waals surface area contributed by atoms with E-state index in [0.717, 1.165) is 5.56 Å². The van der Waals surface area contributed by atoms with E-state index in [-0.39, 0.29) is 6.04 Å². The van der Waals surface area contributed by atoms with Crippen molar-refractivity contribution in [3.8, 4) is 0 Å². The van der Waals surface area contributed by atoms with Crippen LogP contribution in [0.3, 0.4) is 0 Å². The molecule has 4 nitrogen and oxygen atoms in total. The molecule has 1 unspecified atom stereocenters. The molecule has 0 aliphatic rings. The molecule has 2 aromatic rings. The summed E-state index contributed by atoms with van der Waals surface area (Å²) < 4.78 is 1.68. The molecule has 0 fully saturated rings. The molecule has 0 saturated carbocycles. The fraction of sp³-hybridized carbons (Fsp3) is 0.182. The zero-order chi connectivity index (χ0) is 10.7. The molecule has 1 aromatic heterocycles. The summed E-state index contributed by atoms with van der Waals surface area (Å²) in [5.74, 6) is 0. The van der Waals surface area contributed by atoms with Crippen molar-refractivity contribution in [1.29, 1.82) is 0 Å². The third-order valence-corrected chi connectivity index (χ3v) is 2.33. The summed E-state index contributed by atoms with van der Waals surface area (Å²) in [4.78, 5) is 10.5. The first-order valence-corrected chi connectivity index (χ1v) is 4.73. The summed E-state index contributed by atoms with van der Waals surface area (Å²) in [6, 6.07) is 10.0. The average Bonchev–Trinajstić information content (AvgIpc) is 2.78. The molecule has 0 saturated heterocycles. The molecule has 15 heavy (non-hydrogen) atoms. The Morgan fingerprint density at radius 3 is 2.67 bits per heavy atom. The molecule has 1 aromatic carbocycles. The van der Waals surface area contributed by atoms with Crippen molar-refractivity contribution in [2.75, 3.05) is 0 Å². The number of aromatic nitrogens is 3. The highest BCUT2D eigenvalue weighted by Gasteiger charge is 2.09. The van der Waals surface area contributed by atoms with Crippen molar-refractivity contribution in [1.82, 2.24) is 15.0 Å². The van der Waals surface area contributed by atoms with Crippen molar-refractivity contribution in [3.63, 3.8) is 0 Å². The molecule has 4 heteroatoms. The number of aldehydes is 1. The highest BCUT2D eigenvalue weighted by atomic mass is 16.1. The van der Waals surface area contributed by atoms with Gasteiger partial charge in [0.25, 0.3) is 0 Å². The number of hydrogen-bond donors (Lipinski definition) is 0. The Balaban J connectivity index is 2.28. The summed E-state index contributed by atoms with van der Waals surface area (Å²) in [6.45, 7) is 2.01. The molecule has 0 N–H and O–H groups in total. The smallest absolute Gasteiger partial charge is 0.171 e. The minimum absolute atomic E-state index is 0.0902. The Morgan fingerprint density at radius 2 is 2.07 bits per heavy atom. The van der Waals surface area contributed by atoms with Gasteiger partial charge in [0.1, 0.15) is 5.69 Å². The van der Waals surface area contributed by atoms with E-state index in [1.54, 1.807) is 10.9 Å². The van der Waals surface area contributed by atoms with Gasteiger partial charge in [-0.1, -0.05) is 35.5 Å². The summed E-state index contributed by atoms with van der Waals surface area (Å²) in [5.41, 5.74) is 1.50. The fourth-order valence-corrected chi connectivity index (χ4v) is 1.42. The van der Waals surface area contributed by atoms with Crippen LogP contribution in [0.1, 0.15) is 29.0 Å². The number of hydrogen-bond acceptors (Lipinski definition) is 3. The summed E-state index contributed by atoms with van der Waals surface area (Å²) in [5, 5.41) is 7.62. The Kier molecular flexibility index (Phi) is 2.58. The summed E-state index contributed by atoms with van der Waals surface area (Å²) in [7, 11) is 0. The summed E-state index contributed by atoms with van der Waals surface area (Å²) in [6.07, 6.45) is 2.34. The highest BCUT2D eigenvalue weighted by molar-refractivity contribution is 5.70. The third kappa shape index (κ3) is 1.93. The van der Waals surface area contributed by atoms with Crippen molar-refractivity contribution >= 4 is 6.29 Å². The lowest BCUT2D eigenvalue weighted by atomic mass is 10.1. The first kappa shape index (κ1) is 9.58. The maximum Gasteiger partial charge on any atom is 0.171 e. The second-order valence-corrected chi connectivity index (χ2v) is 3.33. The van der Waals surface area contributed by atoms with E-state index in [9.17, 15) is 4.79 Å². The van der Waals surface area contributed by atoms with Crippen LogP contribution in [0.2, 0.25) is 0 Å². The van der Waals surface area contributed by atoms with Crippen LogP contribution in [0, 0.1) is 0 Å². The Hall–Kier alpha value is -1.97. The minimum Gasteiger partial charge on any atom is -0.296 e. The van der Waals surface area contributed by atoms with Crippen molar-refractivity contribution in [3.05, 3.63) is 47.8 Å². The van der Waals surface area contributed by atoms with Gasteiger partial charge >= 0.3 is 0 Å². The first-order valence-electron chi connectivity index (χ1n) is 4.73. The van der Waals surface area contributed by atoms with Crippen LogP contribution in [0.15, 0.2) is 36.5 Å². The Bertz CT molecular complexity index is 450. The quantitative estimate of drug-likeness (QED) is 0.710. The van der Waals surface area contributed by atoms with Crippen LogP contribution in [0.5, 0.6) is 0 Å². The maximum absolute atomic E-state index is 10.5. The lowest BCUT2D eigenvalue weighted by Crippen LogP contribution is -2.07. The SMILES string of the molecule is CC(c1ccccc1)n1cc(C=O)nn1. The van der Waals surface area contributed by atoms with Crippen LogP contribution >= 0.6 is 0 Å². The average molecular weight is 201 g/mol. The number of carbonyl (C=O) groups excluding carboxylic acids is 1. The minimum atomic E-state index is 0.0902. The molecule has 0 aliphatic heterocycles. The van der Waals surface area contributed by atoms with E-state index in [1.165, 1.54) is 0 Å². The van der Waals surface area contributed by atoms with Gasteiger partial charge in [-0.25, -0.2) is 4.68 Å². The predicted molar refractivity (Wildman–Crippen MR) is 55.7 cm³/mol. The zero-order valence-electron chi connectivity index (χ0n) is 8.37. The van der Waals surface area contributed by atoms with Gasteiger partial charge < -0.3 is 0 Å². The van der Waals surface area contributed by atoms with E-state index < -0.39 is 0 Å². The van der Waals surface area contributed by atoms with E-state index in [0.29, 0.717) is 12.0 Å². The Labute approximate surface area is 87.5 Å². The molecule has 0 amide bonds. The van der Waals surface area contributed by atoms with Gasteiger partial charge in [0.05, 0.1) is 12.2 Å². The van der Waals surface area contributed by atoms with Crippen LogP contribution in [0.25, 0.3) is 0 Å². The summed E-state index contributed by atoms with van der Waals surface area (Å²) >= 11 is 0. The molecule has 0 bridgehead atoms. The molecule has 2 rings (SSSR count). The van der Waals surface area contributed by atoms with Crippen LogP contribution < -0.4 is 0 Å². The standard InChI is InChI=1S/C11H11N3O/c1-9(10-5-3-2-4-6-10)14-7-11(8-15)12-13-14/h2-9H,1H3.